The van der Waals surface area contributed by atoms with Crippen molar-refractivity contribution < 1.29 is 26.2 Å². The van der Waals surface area contributed by atoms with Crippen molar-refractivity contribution in [2.24, 2.45) is 0 Å². The summed E-state index contributed by atoms with van der Waals surface area (Å²) in [5.74, 6) is 0. The van der Waals surface area contributed by atoms with Gasteiger partial charge in [0.2, 0.25) is 0 Å². The van der Waals surface area contributed by atoms with Crippen LogP contribution in [0.2, 0.25) is 0 Å². The summed E-state index contributed by atoms with van der Waals surface area (Å²) in [6.07, 6.45) is 22.8. The monoisotopic (exact) mass is 359 g/mol. The molecule has 0 amide bonds. The Morgan fingerprint density at radius 3 is 1.00 bits per heavy atom. The normalized spacial score (nSPS) is 9.90. The van der Waals surface area contributed by atoms with E-state index in [1.165, 1.54) is 96.3 Å². The summed E-state index contributed by atoms with van der Waals surface area (Å²) in [4.78, 5) is 0. The summed E-state index contributed by atoms with van der Waals surface area (Å²) < 4.78 is 0. The van der Waals surface area contributed by atoms with Gasteiger partial charge < -0.3 is 6.92 Å². The van der Waals surface area contributed by atoms with Gasteiger partial charge in [0, 0.05) is 26.2 Å². The van der Waals surface area contributed by atoms with Crippen molar-refractivity contribution >= 4 is 0 Å². The van der Waals surface area contributed by atoms with E-state index in [9.17, 15) is 0 Å². The molecule has 0 aromatic rings. The van der Waals surface area contributed by atoms with Crippen molar-refractivity contribution in [1.29, 1.82) is 0 Å². The van der Waals surface area contributed by atoms with E-state index in [0.717, 1.165) is 6.42 Å². The van der Waals surface area contributed by atoms with Gasteiger partial charge in [-0.15, -0.1) is 0 Å². The maximum atomic E-state index is 3.88. The van der Waals surface area contributed by atoms with Crippen molar-refractivity contribution in [3.63, 3.8) is 0 Å². The van der Waals surface area contributed by atoms with Crippen LogP contribution in [0.1, 0.15) is 117 Å². The third-order valence-electron chi connectivity index (χ3n) is 3.85. The van der Waals surface area contributed by atoms with Crippen LogP contribution in [0, 0.1) is 6.92 Å². The van der Waals surface area contributed by atoms with Crippen LogP contribution in [0.15, 0.2) is 0 Å². The Kier molecular flexibility index (Phi) is 32.1. The summed E-state index contributed by atoms with van der Waals surface area (Å²) in [5, 5.41) is 0. The second-order valence-electron chi connectivity index (χ2n) is 5.80. The minimum absolute atomic E-state index is 0. The van der Waals surface area contributed by atoms with E-state index in [4.69, 9.17) is 0 Å². The van der Waals surface area contributed by atoms with Crippen LogP contribution >= 0.6 is 0 Å². The zero-order valence-corrected chi connectivity index (χ0v) is 16.0. The molecule has 0 radical (unpaired) electrons. The van der Waals surface area contributed by atoms with Crippen LogP contribution in [-0.4, -0.2) is 0 Å². The van der Waals surface area contributed by atoms with Crippen LogP contribution < -0.4 is 0 Å². The molecule has 0 nitrogen and oxygen atoms in total. The molecule has 0 saturated carbocycles. The van der Waals surface area contributed by atoms with Crippen LogP contribution in [0.3, 0.4) is 0 Å². The molecule has 0 saturated heterocycles. The maximum absolute atomic E-state index is 3.88. The molecule has 20 heavy (non-hydrogen) atoms. The number of rotatable bonds is 15. The molecular formula is C19H41Zr-. The predicted molar refractivity (Wildman–Crippen MR) is 91.6 cm³/mol. The Bertz CT molecular complexity index is 118. The minimum atomic E-state index is 0. The van der Waals surface area contributed by atoms with E-state index in [2.05, 4.69) is 13.8 Å². The van der Waals surface area contributed by atoms with Crippen LogP contribution in [0.5, 0.6) is 0 Å². The van der Waals surface area contributed by atoms with Gasteiger partial charge in [-0.3, -0.25) is 0 Å². The number of hydrogen-bond donors (Lipinski definition) is 0. The fourth-order valence-electron chi connectivity index (χ4n) is 2.55. The minimum Gasteiger partial charge on any atom is -0.343 e. The molecule has 0 aromatic carbocycles. The largest absolute Gasteiger partial charge is 0.343 e. The zero-order chi connectivity index (χ0) is 13.3. The first-order valence-corrected chi connectivity index (χ1v) is 8.71. The second kappa shape index (κ2) is 24.9. The molecule has 0 aromatic heterocycles. The van der Waals surface area contributed by atoms with Crippen molar-refractivity contribution in [3.05, 3.63) is 6.92 Å². The third-order valence-corrected chi connectivity index (χ3v) is 3.85. The summed E-state index contributed by atoms with van der Waals surface area (Å²) >= 11 is 0. The quantitative estimate of drug-likeness (QED) is 0.207. The van der Waals surface area contributed by atoms with Gasteiger partial charge in [0.15, 0.2) is 0 Å². The molecular weight excluding hydrogens is 319 g/mol. The van der Waals surface area contributed by atoms with Crippen molar-refractivity contribution in [3.8, 4) is 0 Å². The standard InChI is InChI=1S/C18H37.CH4.Zr/c1-3-5-7-9-11-13-15-17-18-16-14-12-10-8-6-4-2;;/h1,3-18H2,2H3;1H4;/q-1;;. The van der Waals surface area contributed by atoms with Crippen LogP contribution in [-0.2, 0) is 26.2 Å². The van der Waals surface area contributed by atoms with Crippen LogP contribution in [0.4, 0.5) is 0 Å². The van der Waals surface area contributed by atoms with Gasteiger partial charge >= 0.3 is 0 Å². The Labute approximate surface area is 150 Å². The molecule has 0 aliphatic rings. The molecule has 122 valence electrons. The first kappa shape index (κ1) is 25.8. The Morgan fingerprint density at radius 2 is 0.750 bits per heavy atom. The summed E-state index contributed by atoms with van der Waals surface area (Å²) in [6.45, 7) is 6.18. The fraction of sp³-hybridized carbons (Fsp3) is 0.947. The van der Waals surface area contributed by atoms with Crippen LogP contribution in [0.25, 0.3) is 0 Å². The SMILES string of the molecule is C.[CH2-]CCCCCCCCCCCCCCCCC.[Zr]. The summed E-state index contributed by atoms with van der Waals surface area (Å²) in [7, 11) is 0. The van der Waals surface area contributed by atoms with E-state index in [0.29, 0.717) is 0 Å². The van der Waals surface area contributed by atoms with Crippen molar-refractivity contribution in [1.82, 2.24) is 0 Å². The van der Waals surface area contributed by atoms with E-state index < -0.39 is 0 Å². The van der Waals surface area contributed by atoms with E-state index >= 15 is 0 Å². The summed E-state index contributed by atoms with van der Waals surface area (Å²) in [5.41, 5.74) is 0. The molecule has 0 spiro atoms. The number of hydrogen-bond acceptors (Lipinski definition) is 0. The molecule has 0 aliphatic carbocycles. The average Bonchev–Trinajstić information content (AvgIpc) is 2.39. The van der Waals surface area contributed by atoms with Gasteiger partial charge in [-0.05, 0) is 0 Å². The summed E-state index contributed by atoms with van der Waals surface area (Å²) in [6, 6.07) is 0. The van der Waals surface area contributed by atoms with Gasteiger partial charge in [-0.25, -0.2) is 0 Å². The molecule has 0 N–H and O–H groups in total. The molecule has 0 rings (SSSR count). The van der Waals surface area contributed by atoms with Gasteiger partial charge in [-0.2, -0.15) is 6.42 Å². The van der Waals surface area contributed by atoms with E-state index in [-0.39, 0.29) is 33.6 Å². The van der Waals surface area contributed by atoms with E-state index in [1.807, 2.05) is 0 Å². The molecule has 0 heterocycles. The first-order valence-electron chi connectivity index (χ1n) is 8.71. The molecule has 0 atom stereocenters. The zero-order valence-electron chi connectivity index (χ0n) is 13.5. The Balaban J connectivity index is -0.00000144. The molecule has 0 bridgehead atoms. The number of unbranched alkanes of at least 4 members (excludes halogenated alkanes) is 15. The van der Waals surface area contributed by atoms with Gasteiger partial charge in [0.1, 0.15) is 0 Å². The van der Waals surface area contributed by atoms with Crippen molar-refractivity contribution in [2.75, 3.05) is 0 Å². The van der Waals surface area contributed by atoms with Gasteiger partial charge in [0.05, 0.1) is 0 Å². The van der Waals surface area contributed by atoms with Gasteiger partial charge in [0.25, 0.3) is 0 Å². The topological polar surface area (TPSA) is 0 Å². The Hall–Kier alpha value is 0.883. The first-order chi connectivity index (χ1) is 8.91. The van der Waals surface area contributed by atoms with Crippen molar-refractivity contribution in [2.45, 2.75) is 117 Å². The third kappa shape index (κ3) is 23.9. The van der Waals surface area contributed by atoms with Gasteiger partial charge in [-0.1, -0.05) is 111 Å². The Morgan fingerprint density at radius 1 is 0.500 bits per heavy atom. The molecule has 0 aliphatic heterocycles. The van der Waals surface area contributed by atoms with E-state index in [1.54, 1.807) is 0 Å². The molecule has 1 heteroatoms. The molecule has 0 unspecified atom stereocenters. The maximum Gasteiger partial charge on any atom is 0 e. The predicted octanol–water partition coefficient (Wildman–Crippen LogP) is 7.72. The molecule has 0 fully saturated rings. The second-order valence-corrected chi connectivity index (χ2v) is 5.80. The smallest absolute Gasteiger partial charge is 0 e. The average molecular weight is 361 g/mol. The fourth-order valence-corrected chi connectivity index (χ4v) is 2.55.